The second kappa shape index (κ2) is 11.0. The van der Waals surface area contributed by atoms with E-state index in [9.17, 15) is 9.90 Å². The molecule has 6 heteroatoms. The number of methoxy groups -OCH3 is 1. The van der Waals surface area contributed by atoms with Crippen LogP contribution in [-0.2, 0) is 20.1 Å². The molecular weight excluding hydrogens is 440 g/mol. The lowest BCUT2D eigenvalue weighted by Gasteiger charge is -2.17. The van der Waals surface area contributed by atoms with Gasteiger partial charge in [0.05, 0.1) is 31.2 Å². The summed E-state index contributed by atoms with van der Waals surface area (Å²) in [4.78, 5) is 13.2. The highest BCUT2D eigenvalue weighted by Gasteiger charge is 2.23. The molecule has 1 heterocycles. The number of pyridine rings is 1. The molecule has 6 nitrogen and oxygen atoms in total. The third kappa shape index (κ3) is 5.61. The second-order valence-electron chi connectivity index (χ2n) is 8.58. The van der Waals surface area contributed by atoms with Crippen molar-refractivity contribution in [1.29, 1.82) is 0 Å². The van der Waals surface area contributed by atoms with Crippen LogP contribution in [0.5, 0.6) is 11.5 Å². The van der Waals surface area contributed by atoms with E-state index in [0.29, 0.717) is 30.1 Å². The van der Waals surface area contributed by atoms with E-state index >= 15 is 0 Å². The largest absolute Gasteiger partial charge is 0.493 e. The highest BCUT2D eigenvalue weighted by molar-refractivity contribution is 5.98. The number of aliphatic hydroxyl groups excluding tert-OH is 1. The molecule has 4 rings (SSSR count). The Morgan fingerprint density at radius 3 is 2.26 bits per heavy atom. The van der Waals surface area contributed by atoms with Crippen LogP contribution in [-0.4, -0.2) is 30.8 Å². The summed E-state index contributed by atoms with van der Waals surface area (Å²) in [5.41, 5.74) is 4.39. The van der Waals surface area contributed by atoms with Crippen LogP contribution >= 0.6 is 0 Å². The van der Waals surface area contributed by atoms with Gasteiger partial charge >= 0.3 is 0 Å². The third-order valence-electron chi connectivity index (χ3n) is 6.23. The minimum absolute atomic E-state index is 0.145. The van der Waals surface area contributed by atoms with Crippen molar-refractivity contribution >= 4 is 16.8 Å². The van der Waals surface area contributed by atoms with Crippen LogP contribution in [0.25, 0.3) is 10.9 Å². The number of aryl methyl sites for hydroxylation is 1. The van der Waals surface area contributed by atoms with Crippen molar-refractivity contribution < 1.29 is 23.9 Å². The number of nitrogens with one attached hydrogen (secondary N) is 1. The van der Waals surface area contributed by atoms with Crippen LogP contribution in [0.3, 0.4) is 0 Å². The molecule has 0 aliphatic heterocycles. The topological polar surface area (TPSA) is 71.7 Å². The van der Waals surface area contributed by atoms with E-state index < -0.39 is 0 Å². The summed E-state index contributed by atoms with van der Waals surface area (Å²) in [5, 5.41) is 13.7. The number of hydrogen-bond acceptors (Lipinski definition) is 4. The second-order valence-corrected chi connectivity index (χ2v) is 8.58. The maximum atomic E-state index is 13.2. The van der Waals surface area contributed by atoms with E-state index in [1.54, 1.807) is 7.11 Å². The summed E-state index contributed by atoms with van der Waals surface area (Å²) in [6.07, 6.45) is 0.552. The predicted molar refractivity (Wildman–Crippen MR) is 136 cm³/mol. The fourth-order valence-electron chi connectivity index (χ4n) is 4.15. The molecule has 0 fully saturated rings. The first-order chi connectivity index (χ1) is 17.0. The van der Waals surface area contributed by atoms with E-state index in [4.69, 9.17) is 9.47 Å². The first kappa shape index (κ1) is 24.2. The van der Waals surface area contributed by atoms with Crippen molar-refractivity contribution in [1.82, 2.24) is 5.32 Å². The fourth-order valence-corrected chi connectivity index (χ4v) is 4.15. The summed E-state index contributed by atoms with van der Waals surface area (Å²) in [7, 11) is 3.54. The molecule has 1 aromatic heterocycles. The van der Waals surface area contributed by atoms with Crippen molar-refractivity contribution in [3.8, 4) is 11.5 Å². The molecule has 3 aromatic carbocycles. The molecule has 0 saturated heterocycles. The van der Waals surface area contributed by atoms with Crippen LogP contribution < -0.4 is 19.4 Å². The number of aliphatic hydroxyl groups is 1. The van der Waals surface area contributed by atoms with Gasteiger partial charge in [-0.25, -0.2) is 0 Å². The standard InChI is InChI=1S/C29H30N2O4/c1-20-25(29(33)30-24(18-32)14-21-10-6-4-7-11-21)15-23-16-28(27(34-3)17-26(23)31(20)2)35-19-22-12-8-5-9-13-22/h4-13,15-17,24,32H,14,18-19H2,1-3H3/p+1/t24-/m0/s1. The lowest BCUT2D eigenvalue weighted by Crippen LogP contribution is -2.42. The first-order valence-corrected chi connectivity index (χ1v) is 11.6. The Hall–Kier alpha value is -3.90. The average Bonchev–Trinajstić information content (AvgIpc) is 2.89. The Kier molecular flexibility index (Phi) is 7.63. The van der Waals surface area contributed by atoms with Gasteiger partial charge in [-0.15, -0.1) is 0 Å². The Balaban J connectivity index is 1.62. The minimum Gasteiger partial charge on any atom is -0.493 e. The first-order valence-electron chi connectivity index (χ1n) is 11.6. The maximum absolute atomic E-state index is 13.2. The van der Waals surface area contributed by atoms with E-state index in [0.717, 1.165) is 27.7 Å². The molecule has 1 atom stereocenters. The quantitative estimate of drug-likeness (QED) is 0.363. The van der Waals surface area contributed by atoms with Crippen molar-refractivity contribution in [2.24, 2.45) is 7.05 Å². The molecule has 0 saturated carbocycles. The third-order valence-corrected chi connectivity index (χ3v) is 6.23. The van der Waals surface area contributed by atoms with Crippen molar-refractivity contribution in [2.75, 3.05) is 13.7 Å². The van der Waals surface area contributed by atoms with Crippen LogP contribution in [0.2, 0.25) is 0 Å². The number of carbonyl (C=O) groups is 1. The summed E-state index contributed by atoms with van der Waals surface area (Å²) in [6, 6.07) is 25.1. The molecular formula is C29H31N2O4+. The lowest BCUT2D eigenvalue weighted by atomic mass is 10.0. The fraction of sp³-hybridized carbons (Fsp3) is 0.241. The van der Waals surface area contributed by atoms with Gasteiger partial charge in [-0.2, -0.15) is 4.57 Å². The molecule has 0 radical (unpaired) electrons. The monoisotopic (exact) mass is 471 g/mol. The predicted octanol–water partition coefficient (Wildman–Crippen LogP) is 3.89. The zero-order valence-corrected chi connectivity index (χ0v) is 20.3. The normalized spacial score (nSPS) is 11.8. The van der Waals surface area contributed by atoms with Gasteiger partial charge < -0.3 is 19.9 Å². The van der Waals surface area contributed by atoms with Crippen LogP contribution in [0.15, 0.2) is 78.9 Å². The van der Waals surface area contributed by atoms with E-state index in [-0.39, 0.29) is 18.6 Å². The zero-order valence-electron chi connectivity index (χ0n) is 20.3. The van der Waals surface area contributed by atoms with E-state index in [1.165, 1.54) is 0 Å². The average molecular weight is 472 g/mol. The van der Waals surface area contributed by atoms with Gasteiger partial charge in [-0.05, 0) is 29.7 Å². The molecule has 0 bridgehead atoms. The molecule has 0 unspecified atom stereocenters. The minimum atomic E-state index is -0.383. The van der Waals surface area contributed by atoms with Crippen molar-refractivity contribution in [2.45, 2.75) is 26.0 Å². The number of aromatic nitrogens is 1. The highest BCUT2D eigenvalue weighted by Crippen LogP contribution is 2.32. The van der Waals surface area contributed by atoms with Gasteiger partial charge in [-0.1, -0.05) is 60.7 Å². The number of fused-ring (bicyclic) bond motifs is 1. The van der Waals surface area contributed by atoms with Crippen LogP contribution in [0.1, 0.15) is 27.2 Å². The highest BCUT2D eigenvalue weighted by atomic mass is 16.5. The summed E-state index contributed by atoms with van der Waals surface area (Å²) < 4.78 is 13.6. The number of hydrogen-bond donors (Lipinski definition) is 2. The Bertz CT molecular complexity index is 1310. The van der Waals surface area contributed by atoms with Gasteiger partial charge in [-0.3, -0.25) is 4.79 Å². The number of nitrogens with zero attached hydrogens (tertiary/aromatic N) is 1. The molecule has 0 aliphatic rings. The molecule has 0 spiro atoms. The lowest BCUT2D eigenvalue weighted by molar-refractivity contribution is -0.651. The van der Waals surface area contributed by atoms with Gasteiger partial charge in [0, 0.05) is 6.92 Å². The molecule has 0 aliphatic carbocycles. The molecule has 1 amide bonds. The molecule has 35 heavy (non-hydrogen) atoms. The summed E-state index contributed by atoms with van der Waals surface area (Å²) in [6.45, 7) is 2.17. The zero-order chi connectivity index (χ0) is 24.8. The maximum Gasteiger partial charge on any atom is 0.257 e. The van der Waals surface area contributed by atoms with Crippen molar-refractivity contribution in [3.05, 3.63) is 101 Å². The number of ether oxygens (including phenoxy) is 2. The number of rotatable bonds is 9. The van der Waals surface area contributed by atoms with E-state index in [2.05, 4.69) is 5.32 Å². The number of carbonyl (C=O) groups excluding carboxylic acids is 1. The van der Waals surface area contributed by atoms with Gasteiger partial charge in [0.25, 0.3) is 5.91 Å². The summed E-state index contributed by atoms with van der Waals surface area (Å²) in [5.74, 6) is 1.01. The Labute approximate surface area is 205 Å². The smallest absolute Gasteiger partial charge is 0.257 e. The number of benzene rings is 3. The summed E-state index contributed by atoms with van der Waals surface area (Å²) >= 11 is 0. The molecule has 2 N–H and O–H groups in total. The Morgan fingerprint density at radius 1 is 0.971 bits per heavy atom. The number of amides is 1. The van der Waals surface area contributed by atoms with Gasteiger partial charge in [0.15, 0.2) is 17.2 Å². The van der Waals surface area contributed by atoms with Crippen LogP contribution in [0.4, 0.5) is 0 Å². The van der Waals surface area contributed by atoms with E-state index in [1.807, 2.05) is 97.4 Å². The van der Waals surface area contributed by atoms with Crippen LogP contribution in [0, 0.1) is 6.92 Å². The van der Waals surface area contributed by atoms with Gasteiger partial charge in [0.1, 0.15) is 19.2 Å². The van der Waals surface area contributed by atoms with Gasteiger partial charge in [0.2, 0.25) is 5.52 Å². The van der Waals surface area contributed by atoms with Crippen molar-refractivity contribution in [3.63, 3.8) is 0 Å². The SMILES string of the molecule is COc1cc2c(cc1OCc1ccccc1)cc(C(=O)N[C@H](CO)Cc1ccccc1)c(C)[n+]2C. The molecule has 4 aromatic rings. The molecule has 180 valence electrons. The Morgan fingerprint density at radius 2 is 1.63 bits per heavy atom.